The van der Waals surface area contributed by atoms with Crippen molar-refractivity contribution in [3.63, 3.8) is 0 Å². The van der Waals surface area contributed by atoms with Crippen LogP contribution in [-0.2, 0) is 4.74 Å². The highest BCUT2D eigenvalue weighted by Gasteiger charge is 2.24. The number of hydrogen-bond acceptors (Lipinski definition) is 4. The Bertz CT molecular complexity index is 1290. The highest BCUT2D eigenvalue weighted by Crippen LogP contribution is 2.33. The van der Waals surface area contributed by atoms with E-state index in [2.05, 4.69) is 10.3 Å². The Morgan fingerprint density at radius 2 is 1.41 bits per heavy atom. The van der Waals surface area contributed by atoms with Gasteiger partial charge in [0.1, 0.15) is 5.60 Å². The largest absolute Gasteiger partial charge is 0.456 e. The lowest BCUT2D eigenvalue weighted by Crippen LogP contribution is -2.25. The van der Waals surface area contributed by atoms with Gasteiger partial charge in [-0.15, -0.1) is 0 Å². The molecule has 1 aromatic heterocycles. The Hall–Kier alpha value is -4.25. The number of anilines is 1. The van der Waals surface area contributed by atoms with Crippen molar-refractivity contribution >= 4 is 17.6 Å². The molecule has 0 saturated carbocycles. The number of nitrogens with one attached hydrogen (secondary N) is 1. The fourth-order valence-electron chi connectivity index (χ4n) is 3.54. The van der Waals surface area contributed by atoms with Crippen LogP contribution in [0.3, 0.4) is 0 Å². The number of pyridine rings is 1. The molecule has 5 heteroatoms. The molecule has 4 aromatic rings. The fourth-order valence-corrected chi connectivity index (χ4v) is 3.54. The van der Waals surface area contributed by atoms with Gasteiger partial charge in [-0.3, -0.25) is 9.78 Å². The van der Waals surface area contributed by atoms with Crippen LogP contribution >= 0.6 is 0 Å². The molecule has 1 amide bonds. The van der Waals surface area contributed by atoms with E-state index in [0.717, 1.165) is 22.4 Å². The zero-order valence-electron chi connectivity index (χ0n) is 19.4. The van der Waals surface area contributed by atoms with Crippen molar-refractivity contribution in [2.75, 3.05) is 5.32 Å². The van der Waals surface area contributed by atoms with Crippen molar-refractivity contribution in [3.05, 3.63) is 108 Å². The molecule has 170 valence electrons. The summed E-state index contributed by atoms with van der Waals surface area (Å²) in [6.45, 7) is 5.43. The molecule has 0 aliphatic carbocycles. The summed E-state index contributed by atoms with van der Waals surface area (Å²) in [4.78, 5) is 30.6. The molecule has 0 aliphatic heterocycles. The third kappa shape index (κ3) is 5.38. The van der Waals surface area contributed by atoms with Crippen molar-refractivity contribution in [1.82, 2.24) is 4.98 Å². The summed E-state index contributed by atoms with van der Waals surface area (Å²) < 4.78 is 5.60. The Morgan fingerprint density at radius 1 is 0.765 bits per heavy atom. The summed E-state index contributed by atoms with van der Waals surface area (Å²) in [6.07, 6.45) is 1.54. The number of ether oxygens (including phenoxy) is 1. The number of para-hydroxylation sites is 1. The summed E-state index contributed by atoms with van der Waals surface area (Å²) in [5.41, 5.74) is 3.76. The molecule has 5 nitrogen and oxygen atoms in total. The molecular weight excluding hydrogens is 424 g/mol. The molecule has 1 N–H and O–H groups in total. The first kappa shape index (κ1) is 22.9. The molecule has 34 heavy (non-hydrogen) atoms. The summed E-state index contributed by atoms with van der Waals surface area (Å²) in [7, 11) is 0. The van der Waals surface area contributed by atoms with E-state index >= 15 is 0 Å². The van der Waals surface area contributed by atoms with Gasteiger partial charge in [-0.1, -0.05) is 72.8 Å². The number of hydrogen-bond donors (Lipinski definition) is 1. The van der Waals surface area contributed by atoms with Gasteiger partial charge in [-0.25, -0.2) is 4.79 Å². The maximum absolute atomic E-state index is 13.2. The zero-order chi connectivity index (χ0) is 24.1. The predicted molar refractivity (Wildman–Crippen MR) is 135 cm³/mol. The lowest BCUT2D eigenvalue weighted by Gasteiger charge is -2.22. The van der Waals surface area contributed by atoms with E-state index in [0.29, 0.717) is 16.8 Å². The molecular formula is C29H26N2O3. The Kier molecular flexibility index (Phi) is 6.55. The van der Waals surface area contributed by atoms with Gasteiger partial charge in [-0.2, -0.15) is 0 Å². The number of aromatic nitrogens is 1. The summed E-state index contributed by atoms with van der Waals surface area (Å²) in [5, 5.41) is 2.94. The van der Waals surface area contributed by atoms with Crippen LogP contribution in [0.15, 0.2) is 97.2 Å². The van der Waals surface area contributed by atoms with E-state index in [4.69, 9.17) is 4.74 Å². The number of nitrogens with zero attached hydrogens (tertiary/aromatic N) is 1. The van der Waals surface area contributed by atoms with Crippen molar-refractivity contribution < 1.29 is 14.3 Å². The molecule has 0 radical (unpaired) electrons. The molecule has 0 saturated heterocycles. The minimum absolute atomic E-state index is 0.290. The zero-order valence-corrected chi connectivity index (χ0v) is 19.4. The van der Waals surface area contributed by atoms with Gasteiger partial charge in [-0.05, 0) is 44.5 Å². The van der Waals surface area contributed by atoms with Gasteiger partial charge in [0, 0.05) is 17.3 Å². The lowest BCUT2D eigenvalue weighted by atomic mass is 9.99. The number of rotatable bonds is 5. The molecule has 0 atom stereocenters. The highest BCUT2D eigenvalue weighted by atomic mass is 16.6. The fraction of sp³-hybridized carbons (Fsp3) is 0.138. The molecule has 0 aliphatic rings. The van der Waals surface area contributed by atoms with E-state index in [-0.39, 0.29) is 5.91 Å². The monoisotopic (exact) mass is 450 g/mol. The van der Waals surface area contributed by atoms with Crippen LogP contribution in [0.2, 0.25) is 0 Å². The molecule has 3 aromatic carbocycles. The second kappa shape index (κ2) is 9.71. The number of carbonyl (C=O) groups is 2. The Labute approximate surface area is 199 Å². The van der Waals surface area contributed by atoms with Crippen LogP contribution in [0.4, 0.5) is 5.69 Å². The second-order valence-corrected chi connectivity index (χ2v) is 8.85. The molecule has 0 spiro atoms. The van der Waals surface area contributed by atoms with Crippen LogP contribution in [0.1, 0.15) is 41.5 Å². The van der Waals surface area contributed by atoms with Gasteiger partial charge >= 0.3 is 5.97 Å². The average Bonchev–Trinajstić information content (AvgIpc) is 2.84. The molecule has 0 fully saturated rings. The third-order valence-corrected chi connectivity index (χ3v) is 5.10. The van der Waals surface area contributed by atoms with Crippen molar-refractivity contribution in [3.8, 4) is 22.4 Å². The molecule has 4 rings (SSSR count). The average molecular weight is 451 g/mol. The number of benzene rings is 3. The highest BCUT2D eigenvalue weighted by molar-refractivity contribution is 6.11. The number of amides is 1. The van der Waals surface area contributed by atoms with E-state index in [1.165, 1.54) is 6.20 Å². The van der Waals surface area contributed by atoms with Crippen LogP contribution in [0, 0.1) is 0 Å². The molecule has 1 heterocycles. The van der Waals surface area contributed by atoms with Gasteiger partial charge in [0.15, 0.2) is 0 Å². The number of carbonyl (C=O) groups excluding carboxylic acids is 2. The first-order valence-electron chi connectivity index (χ1n) is 11.1. The SMILES string of the molecule is CC(C)(C)OC(=O)c1cccc(-c2ccccc2)c1NC(=O)c1ccc(-c2ccccc2)nc1. The van der Waals surface area contributed by atoms with Crippen LogP contribution < -0.4 is 5.32 Å². The normalized spacial score (nSPS) is 11.0. The summed E-state index contributed by atoms with van der Waals surface area (Å²) in [5.74, 6) is -0.863. The van der Waals surface area contributed by atoms with Crippen molar-refractivity contribution in [2.45, 2.75) is 26.4 Å². The first-order chi connectivity index (χ1) is 16.3. The summed E-state index contributed by atoms with van der Waals surface area (Å²) in [6, 6.07) is 28.2. The van der Waals surface area contributed by atoms with Gasteiger partial charge < -0.3 is 10.1 Å². The van der Waals surface area contributed by atoms with E-state index < -0.39 is 11.6 Å². The van der Waals surface area contributed by atoms with Crippen LogP contribution in [0.25, 0.3) is 22.4 Å². The maximum atomic E-state index is 13.2. The molecule has 0 unspecified atom stereocenters. The van der Waals surface area contributed by atoms with Gasteiger partial charge in [0.2, 0.25) is 0 Å². The quantitative estimate of drug-likeness (QED) is 0.347. The van der Waals surface area contributed by atoms with Crippen molar-refractivity contribution in [2.24, 2.45) is 0 Å². The Morgan fingerprint density at radius 3 is 2.00 bits per heavy atom. The lowest BCUT2D eigenvalue weighted by molar-refractivity contribution is 0.00708. The predicted octanol–water partition coefficient (Wildman–Crippen LogP) is 6.62. The minimum Gasteiger partial charge on any atom is -0.456 e. The minimum atomic E-state index is -0.668. The second-order valence-electron chi connectivity index (χ2n) is 8.85. The van der Waals surface area contributed by atoms with E-state index in [9.17, 15) is 9.59 Å². The van der Waals surface area contributed by atoms with Crippen LogP contribution in [-0.4, -0.2) is 22.5 Å². The first-order valence-corrected chi connectivity index (χ1v) is 11.1. The third-order valence-electron chi connectivity index (χ3n) is 5.10. The summed E-state index contributed by atoms with van der Waals surface area (Å²) >= 11 is 0. The topological polar surface area (TPSA) is 68.3 Å². The number of esters is 1. The van der Waals surface area contributed by atoms with Crippen molar-refractivity contribution in [1.29, 1.82) is 0 Å². The standard InChI is InChI=1S/C29H26N2O3/c1-29(2,3)34-28(33)24-16-10-15-23(20-11-6-4-7-12-20)26(24)31-27(32)22-17-18-25(30-19-22)21-13-8-5-9-14-21/h4-19H,1-3H3,(H,31,32). The smallest absolute Gasteiger partial charge is 0.340 e. The maximum Gasteiger partial charge on any atom is 0.340 e. The van der Waals surface area contributed by atoms with E-state index in [1.54, 1.807) is 18.2 Å². The van der Waals surface area contributed by atoms with Gasteiger partial charge in [0.05, 0.1) is 22.5 Å². The van der Waals surface area contributed by atoms with Crippen LogP contribution in [0.5, 0.6) is 0 Å². The van der Waals surface area contributed by atoms with E-state index in [1.807, 2.05) is 93.6 Å². The van der Waals surface area contributed by atoms with Gasteiger partial charge in [0.25, 0.3) is 5.91 Å². The Balaban J connectivity index is 1.69. The molecule has 0 bridgehead atoms.